The van der Waals surface area contributed by atoms with E-state index < -0.39 is 11.9 Å². The number of anilines is 1. The van der Waals surface area contributed by atoms with Gasteiger partial charge < -0.3 is 13.9 Å². The van der Waals surface area contributed by atoms with Gasteiger partial charge in [-0.05, 0) is 6.92 Å². The number of aromatic nitrogens is 1. The SMILES string of the molecule is Cc1coc(NC(=O)c2cc(C(=O)O)co2)n1. The number of amides is 1. The minimum Gasteiger partial charge on any atom is -0.478 e. The number of aromatic carboxylic acids is 1. The molecule has 0 unspecified atom stereocenters. The van der Waals surface area contributed by atoms with Crippen molar-refractivity contribution in [2.75, 3.05) is 5.32 Å². The van der Waals surface area contributed by atoms with Crippen LogP contribution in [0, 0.1) is 6.92 Å². The van der Waals surface area contributed by atoms with Crippen molar-refractivity contribution >= 4 is 17.9 Å². The Kier molecular flexibility index (Phi) is 2.65. The highest BCUT2D eigenvalue weighted by Crippen LogP contribution is 2.11. The van der Waals surface area contributed by atoms with Crippen molar-refractivity contribution in [2.24, 2.45) is 0 Å². The first-order valence-corrected chi connectivity index (χ1v) is 4.61. The summed E-state index contributed by atoms with van der Waals surface area (Å²) in [6.07, 6.45) is 2.36. The van der Waals surface area contributed by atoms with Crippen LogP contribution >= 0.6 is 0 Å². The monoisotopic (exact) mass is 236 g/mol. The summed E-state index contributed by atoms with van der Waals surface area (Å²) in [4.78, 5) is 26.0. The maximum Gasteiger partial charge on any atom is 0.338 e. The Labute approximate surface area is 95.1 Å². The number of nitrogens with zero attached hydrogens (tertiary/aromatic N) is 1. The Bertz CT molecular complexity index is 569. The van der Waals surface area contributed by atoms with Crippen molar-refractivity contribution in [3.63, 3.8) is 0 Å². The van der Waals surface area contributed by atoms with Crippen molar-refractivity contribution < 1.29 is 23.5 Å². The molecule has 1 amide bonds. The summed E-state index contributed by atoms with van der Waals surface area (Å²) in [6, 6.07) is 1.15. The number of carbonyl (C=O) groups excluding carboxylic acids is 1. The maximum absolute atomic E-state index is 11.6. The van der Waals surface area contributed by atoms with Crippen molar-refractivity contribution in [3.05, 3.63) is 35.6 Å². The number of hydrogen-bond acceptors (Lipinski definition) is 5. The maximum atomic E-state index is 11.6. The van der Waals surface area contributed by atoms with Crippen LogP contribution in [0.25, 0.3) is 0 Å². The lowest BCUT2D eigenvalue weighted by molar-refractivity contribution is 0.0696. The molecule has 7 heteroatoms. The molecular weight excluding hydrogens is 228 g/mol. The number of rotatable bonds is 3. The van der Waals surface area contributed by atoms with Gasteiger partial charge in [0, 0.05) is 6.07 Å². The van der Waals surface area contributed by atoms with Crippen LogP contribution in [-0.4, -0.2) is 22.0 Å². The van der Waals surface area contributed by atoms with E-state index in [1.807, 2.05) is 0 Å². The molecule has 0 saturated carbocycles. The second kappa shape index (κ2) is 4.12. The van der Waals surface area contributed by atoms with Crippen LogP contribution in [0.15, 0.2) is 27.4 Å². The normalized spacial score (nSPS) is 10.2. The average Bonchev–Trinajstić information content (AvgIpc) is 2.86. The smallest absolute Gasteiger partial charge is 0.338 e. The zero-order valence-electron chi connectivity index (χ0n) is 8.76. The lowest BCUT2D eigenvalue weighted by atomic mass is 10.3. The Hall–Kier alpha value is -2.57. The Morgan fingerprint density at radius 3 is 2.65 bits per heavy atom. The van der Waals surface area contributed by atoms with Gasteiger partial charge in [0.25, 0.3) is 5.91 Å². The van der Waals surface area contributed by atoms with Gasteiger partial charge in [-0.25, -0.2) is 4.79 Å². The average molecular weight is 236 g/mol. The Morgan fingerprint density at radius 1 is 1.35 bits per heavy atom. The molecule has 7 nitrogen and oxygen atoms in total. The molecule has 2 aromatic heterocycles. The van der Waals surface area contributed by atoms with E-state index in [4.69, 9.17) is 13.9 Å². The summed E-state index contributed by atoms with van der Waals surface area (Å²) in [7, 11) is 0. The van der Waals surface area contributed by atoms with E-state index >= 15 is 0 Å². The van der Waals surface area contributed by atoms with Gasteiger partial charge in [-0.15, -0.1) is 0 Å². The highest BCUT2D eigenvalue weighted by molar-refractivity contribution is 6.02. The number of hydrogen-bond donors (Lipinski definition) is 2. The van der Waals surface area contributed by atoms with Crippen LogP contribution in [0.3, 0.4) is 0 Å². The van der Waals surface area contributed by atoms with Gasteiger partial charge >= 0.3 is 12.0 Å². The molecule has 0 aliphatic heterocycles. The predicted molar refractivity (Wildman–Crippen MR) is 54.9 cm³/mol. The molecular formula is C10H8N2O5. The highest BCUT2D eigenvalue weighted by atomic mass is 16.4. The van der Waals surface area contributed by atoms with Crippen LogP contribution in [0.5, 0.6) is 0 Å². The van der Waals surface area contributed by atoms with Gasteiger partial charge in [-0.1, -0.05) is 0 Å². The van der Waals surface area contributed by atoms with E-state index in [1.165, 1.54) is 6.26 Å². The Morgan fingerprint density at radius 2 is 2.12 bits per heavy atom. The standard InChI is InChI=1S/C10H8N2O5/c1-5-3-17-10(11-5)12-8(13)7-2-6(4-16-7)9(14)15/h2-4H,1H3,(H,14,15)(H,11,12,13). The fraction of sp³-hybridized carbons (Fsp3) is 0.100. The molecule has 0 fully saturated rings. The number of furan rings is 1. The minimum atomic E-state index is -1.17. The largest absolute Gasteiger partial charge is 0.478 e. The van der Waals surface area contributed by atoms with E-state index in [0.717, 1.165) is 12.3 Å². The van der Waals surface area contributed by atoms with E-state index in [9.17, 15) is 9.59 Å². The van der Waals surface area contributed by atoms with E-state index in [0.29, 0.717) is 5.69 Å². The number of carboxylic acids is 1. The highest BCUT2D eigenvalue weighted by Gasteiger charge is 2.16. The topological polar surface area (TPSA) is 106 Å². The lowest BCUT2D eigenvalue weighted by Crippen LogP contribution is -2.11. The molecule has 0 radical (unpaired) electrons. The molecule has 0 spiro atoms. The van der Waals surface area contributed by atoms with Crippen molar-refractivity contribution in [2.45, 2.75) is 6.92 Å². The summed E-state index contributed by atoms with van der Waals surface area (Å²) >= 11 is 0. The number of carboxylic acid groups (broad SMARTS) is 1. The van der Waals surface area contributed by atoms with Crippen LogP contribution in [-0.2, 0) is 0 Å². The molecule has 0 aliphatic carbocycles. The fourth-order valence-corrected chi connectivity index (χ4v) is 1.14. The molecule has 0 aliphatic rings. The molecule has 88 valence electrons. The predicted octanol–water partition coefficient (Wildman–Crippen LogP) is 1.53. The van der Waals surface area contributed by atoms with Crippen LogP contribution in [0.4, 0.5) is 6.01 Å². The first-order chi connectivity index (χ1) is 8.06. The van der Waals surface area contributed by atoms with E-state index in [2.05, 4.69) is 10.3 Å². The molecule has 0 bridgehead atoms. The van der Waals surface area contributed by atoms with Gasteiger partial charge in [0.05, 0.1) is 11.3 Å². The third kappa shape index (κ3) is 2.33. The number of carbonyl (C=O) groups is 2. The van der Waals surface area contributed by atoms with Gasteiger partial charge in [0.15, 0.2) is 5.76 Å². The van der Waals surface area contributed by atoms with Gasteiger partial charge in [0.1, 0.15) is 12.5 Å². The lowest BCUT2D eigenvalue weighted by Gasteiger charge is -1.95. The summed E-state index contributed by atoms with van der Waals surface area (Å²) in [5.74, 6) is -1.92. The molecule has 2 rings (SSSR count). The van der Waals surface area contributed by atoms with Crippen LogP contribution < -0.4 is 5.32 Å². The zero-order chi connectivity index (χ0) is 12.4. The second-order valence-corrected chi connectivity index (χ2v) is 3.25. The molecule has 2 heterocycles. The summed E-state index contributed by atoms with van der Waals surface area (Å²) in [5.41, 5.74) is 0.518. The van der Waals surface area contributed by atoms with Crippen molar-refractivity contribution in [1.29, 1.82) is 0 Å². The molecule has 0 atom stereocenters. The van der Waals surface area contributed by atoms with Crippen molar-refractivity contribution in [1.82, 2.24) is 4.98 Å². The van der Waals surface area contributed by atoms with Gasteiger partial charge in [-0.3, -0.25) is 10.1 Å². The molecule has 2 aromatic rings. The van der Waals surface area contributed by atoms with E-state index in [-0.39, 0.29) is 17.3 Å². The first kappa shape index (κ1) is 10.9. The summed E-state index contributed by atoms with van der Waals surface area (Å²) in [6.45, 7) is 1.70. The zero-order valence-corrected chi connectivity index (χ0v) is 8.76. The van der Waals surface area contributed by atoms with Gasteiger partial charge in [-0.2, -0.15) is 4.98 Å². The second-order valence-electron chi connectivity index (χ2n) is 3.25. The summed E-state index contributed by atoms with van der Waals surface area (Å²) < 4.78 is 9.71. The first-order valence-electron chi connectivity index (χ1n) is 4.61. The third-order valence-electron chi connectivity index (χ3n) is 1.91. The molecule has 0 saturated heterocycles. The summed E-state index contributed by atoms with van der Waals surface area (Å²) in [5, 5.41) is 11.0. The quantitative estimate of drug-likeness (QED) is 0.836. The number of oxazole rings is 1. The fourth-order valence-electron chi connectivity index (χ4n) is 1.14. The van der Waals surface area contributed by atoms with Gasteiger partial charge in [0.2, 0.25) is 0 Å². The molecule has 0 aromatic carbocycles. The van der Waals surface area contributed by atoms with Crippen molar-refractivity contribution in [3.8, 4) is 0 Å². The third-order valence-corrected chi connectivity index (χ3v) is 1.91. The van der Waals surface area contributed by atoms with Crippen LogP contribution in [0.2, 0.25) is 0 Å². The van der Waals surface area contributed by atoms with E-state index in [1.54, 1.807) is 6.92 Å². The number of aryl methyl sites for hydroxylation is 1. The molecule has 2 N–H and O–H groups in total. The Balaban J connectivity index is 2.11. The minimum absolute atomic E-state index is 0.0285. The van der Waals surface area contributed by atoms with Crippen LogP contribution in [0.1, 0.15) is 26.6 Å². The molecule has 17 heavy (non-hydrogen) atoms. The number of nitrogens with one attached hydrogen (secondary N) is 1.